The highest BCUT2D eigenvalue weighted by Gasteiger charge is 2.45. The van der Waals surface area contributed by atoms with Crippen LogP contribution in [0.4, 0.5) is 5.82 Å². The lowest BCUT2D eigenvalue weighted by Gasteiger charge is -2.53. The second-order valence-electron chi connectivity index (χ2n) is 9.38. The van der Waals surface area contributed by atoms with E-state index in [9.17, 15) is 0 Å². The number of benzene rings is 1. The van der Waals surface area contributed by atoms with Crippen molar-refractivity contribution in [1.82, 2.24) is 14.8 Å². The maximum absolute atomic E-state index is 9.16. The third kappa shape index (κ3) is 5.43. The number of hydrogen-bond donors (Lipinski definition) is 1. The third-order valence-electron chi connectivity index (χ3n) is 6.57. The summed E-state index contributed by atoms with van der Waals surface area (Å²) in [5.74, 6) is 0.769. The minimum absolute atomic E-state index is 0.0188. The van der Waals surface area contributed by atoms with Crippen LogP contribution in [0.25, 0.3) is 0 Å². The van der Waals surface area contributed by atoms with E-state index in [-0.39, 0.29) is 11.1 Å². The van der Waals surface area contributed by atoms with Crippen LogP contribution in [0.15, 0.2) is 48.5 Å². The van der Waals surface area contributed by atoms with Crippen molar-refractivity contribution in [3.63, 3.8) is 0 Å². The van der Waals surface area contributed by atoms with Gasteiger partial charge in [0, 0.05) is 51.4 Å². The molecule has 3 heterocycles. The molecule has 6 nitrogen and oxygen atoms in total. The van der Waals surface area contributed by atoms with E-state index in [1.165, 1.54) is 5.56 Å². The van der Waals surface area contributed by atoms with Crippen molar-refractivity contribution in [2.24, 2.45) is 0 Å². The van der Waals surface area contributed by atoms with Crippen LogP contribution in [0.1, 0.15) is 37.9 Å². The first-order valence-corrected chi connectivity index (χ1v) is 11.2. The Bertz CT molecular complexity index is 902. The fraction of sp³-hybridized carbons (Fsp3) is 0.520. The summed E-state index contributed by atoms with van der Waals surface area (Å²) in [6.45, 7) is 11.2. The molecule has 6 heteroatoms. The zero-order valence-electron chi connectivity index (χ0n) is 18.7. The molecule has 2 aromatic rings. The van der Waals surface area contributed by atoms with Crippen molar-refractivity contribution in [3.8, 4) is 6.07 Å². The Kier molecular flexibility index (Phi) is 6.57. The molecule has 0 aliphatic carbocycles. The zero-order chi connectivity index (χ0) is 21.7. The lowest BCUT2D eigenvalue weighted by Crippen LogP contribution is -2.64. The maximum Gasteiger partial charge on any atom is 0.142 e. The number of nitriles is 1. The van der Waals surface area contributed by atoms with Gasteiger partial charge in [0.1, 0.15) is 17.6 Å². The molecule has 2 aliphatic rings. The summed E-state index contributed by atoms with van der Waals surface area (Å²) >= 11 is 0. The number of ether oxygens (including phenoxy) is 1. The number of piperazine rings is 1. The Labute approximate surface area is 185 Å². The van der Waals surface area contributed by atoms with E-state index in [0.29, 0.717) is 5.69 Å². The fourth-order valence-corrected chi connectivity index (χ4v) is 5.05. The highest BCUT2D eigenvalue weighted by atomic mass is 16.5. The molecule has 1 unspecified atom stereocenters. The highest BCUT2D eigenvalue weighted by Crippen LogP contribution is 2.37. The first-order chi connectivity index (χ1) is 15.0. The summed E-state index contributed by atoms with van der Waals surface area (Å²) in [6.07, 6.45) is 1.98. The molecule has 2 saturated heterocycles. The van der Waals surface area contributed by atoms with Gasteiger partial charge in [-0.05, 0) is 44.4 Å². The Morgan fingerprint density at radius 1 is 1.06 bits per heavy atom. The minimum atomic E-state index is -0.150. The summed E-state index contributed by atoms with van der Waals surface area (Å²) in [5, 5.41) is 12.7. The van der Waals surface area contributed by atoms with Gasteiger partial charge in [-0.25, -0.2) is 4.98 Å². The molecule has 1 aromatic carbocycles. The average molecular weight is 420 g/mol. The number of aromatic nitrogens is 1. The van der Waals surface area contributed by atoms with Crippen LogP contribution in [0.2, 0.25) is 0 Å². The van der Waals surface area contributed by atoms with Crippen LogP contribution in [-0.2, 0) is 11.3 Å². The molecule has 2 aliphatic heterocycles. The lowest BCUT2D eigenvalue weighted by molar-refractivity contribution is -0.123. The van der Waals surface area contributed by atoms with Crippen LogP contribution < -0.4 is 5.32 Å². The molecule has 1 aromatic heterocycles. The molecular formula is C25H33N5O. The van der Waals surface area contributed by atoms with E-state index in [1.807, 2.05) is 12.1 Å². The van der Waals surface area contributed by atoms with Gasteiger partial charge in [0.2, 0.25) is 0 Å². The van der Waals surface area contributed by atoms with Crippen LogP contribution in [0.5, 0.6) is 0 Å². The Balaban J connectivity index is 1.44. The molecule has 164 valence electrons. The standard InChI is InChI=1S/C25H33N5O/c1-24(2)19-25(11-16-31-24,20-27-23-10-6-9-22(17-26)28-23)30-14-12-29(13-15-30)18-21-7-4-3-5-8-21/h3-10H,11-16,18-20H2,1-2H3,(H,27,28). The van der Waals surface area contributed by atoms with E-state index in [4.69, 9.17) is 10.00 Å². The number of pyridine rings is 1. The van der Waals surface area contributed by atoms with E-state index >= 15 is 0 Å². The number of nitrogens with one attached hydrogen (secondary N) is 1. The van der Waals surface area contributed by atoms with Crippen molar-refractivity contribution in [2.45, 2.75) is 44.4 Å². The summed E-state index contributed by atoms with van der Waals surface area (Å²) < 4.78 is 6.08. The molecule has 0 saturated carbocycles. The van der Waals surface area contributed by atoms with E-state index in [2.05, 4.69) is 70.3 Å². The molecule has 2 fully saturated rings. The molecular weight excluding hydrogens is 386 g/mol. The van der Waals surface area contributed by atoms with Gasteiger partial charge in [0.05, 0.1) is 5.60 Å². The SMILES string of the molecule is CC1(C)CC(CNc2cccc(C#N)n2)(N2CCN(Cc3ccccc3)CC2)CCO1. The molecule has 0 bridgehead atoms. The summed E-state index contributed by atoms with van der Waals surface area (Å²) in [7, 11) is 0. The normalized spacial score (nSPS) is 24.4. The highest BCUT2D eigenvalue weighted by molar-refractivity contribution is 5.39. The first kappa shape index (κ1) is 21.8. The van der Waals surface area contributed by atoms with E-state index in [1.54, 1.807) is 6.07 Å². The van der Waals surface area contributed by atoms with E-state index in [0.717, 1.165) is 64.5 Å². The van der Waals surface area contributed by atoms with Crippen LogP contribution in [-0.4, -0.2) is 65.3 Å². The number of anilines is 1. The number of nitrogens with zero attached hydrogens (tertiary/aromatic N) is 4. The summed E-state index contributed by atoms with van der Waals surface area (Å²) in [5.41, 5.74) is 1.69. The number of rotatable bonds is 6. The Hall–Kier alpha value is -2.46. The van der Waals surface area contributed by atoms with Gasteiger partial charge >= 0.3 is 0 Å². The molecule has 31 heavy (non-hydrogen) atoms. The van der Waals surface area contributed by atoms with Crippen molar-refractivity contribution in [3.05, 3.63) is 59.8 Å². The van der Waals surface area contributed by atoms with Gasteiger partial charge in [0.25, 0.3) is 0 Å². The minimum Gasteiger partial charge on any atom is -0.375 e. The lowest BCUT2D eigenvalue weighted by atomic mass is 9.79. The molecule has 0 amide bonds. The largest absolute Gasteiger partial charge is 0.375 e. The zero-order valence-corrected chi connectivity index (χ0v) is 18.7. The predicted octanol–water partition coefficient (Wildman–Crippen LogP) is 3.51. The smallest absolute Gasteiger partial charge is 0.142 e. The summed E-state index contributed by atoms with van der Waals surface area (Å²) in [6, 6.07) is 18.4. The molecule has 1 atom stereocenters. The maximum atomic E-state index is 9.16. The van der Waals surface area contributed by atoms with Gasteiger partial charge in [-0.1, -0.05) is 36.4 Å². The van der Waals surface area contributed by atoms with Crippen molar-refractivity contribution in [2.75, 3.05) is 44.6 Å². The van der Waals surface area contributed by atoms with Gasteiger partial charge < -0.3 is 10.1 Å². The molecule has 0 spiro atoms. The summed E-state index contributed by atoms with van der Waals surface area (Å²) in [4.78, 5) is 9.63. The van der Waals surface area contributed by atoms with Crippen molar-refractivity contribution >= 4 is 5.82 Å². The Morgan fingerprint density at radius 3 is 2.55 bits per heavy atom. The van der Waals surface area contributed by atoms with Gasteiger partial charge in [-0.3, -0.25) is 9.80 Å². The van der Waals surface area contributed by atoms with Crippen LogP contribution in [0, 0.1) is 11.3 Å². The van der Waals surface area contributed by atoms with Crippen molar-refractivity contribution < 1.29 is 4.74 Å². The van der Waals surface area contributed by atoms with E-state index < -0.39 is 0 Å². The number of hydrogen-bond acceptors (Lipinski definition) is 6. The second-order valence-corrected chi connectivity index (χ2v) is 9.38. The average Bonchev–Trinajstić information content (AvgIpc) is 2.78. The molecule has 4 rings (SSSR count). The quantitative estimate of drug-likeness (QED) is 0.773. The topological polar surface area (TPSA) is 64.4 Å². The first-order valence-electron chi connectivity index (χ1n) is 11.2. The van der Waals surface area contributed by atoms with Gasteiger partial charge in [-0.2, -0.15) is 5.26 Å². The predicted molar refractivity (Wildman–Crippen MR) is 123 cm³/mol. The van der Waals surface area contributed by atoms with Gasteiger partial charge in [0.15, 0.2) is 0 Å². The Morgan fingerprint density at radius 2 is 1.84 bits per heavy atom. The van der Waals surface area contributed by atoms with Gasteiger partial charge in [-0.15, -0.1) is 0 Å². The third-order valence-corrected chi connectivity index (χ3v) is 6.57. The molecule has 0 radical (unpaired) electrons. The fourth-order valence-electron chi connectivity index (χ4n) is 5.05. The second kappa shape index (κ2) is 9.35. The van der Waals surface area contributed by atoms with Crippen LogP contribution >= 0.6 is 0 Å². The monoisotopic (exact) mass is 419 g/mol. The van der Waals surface area contributed by atoms with Crippen LogP contribution in [0.3, 0.4) is 0 Å². The van der Waals surface area contributed by atoms with Crippen molar-refractivity contribution in [1.29, 1.82) is 5.26 Å². The molecule has 1 N–H and O–H groups in total.